The van der Waals surface area contributed by atoms with Crippen molar-refractivity contribution in [3.05, 3.63) is 29.8 Å². The van der Waals surface area contributed by atoms with Crippen LogP contribution in [0.1, 0.15) is 18.9 Å². The van der Waals surface area contributed by atoms with E-state index in [1.165, 1.54) is 11.3 Å². The van der Waals surface area contributed by atoms with Gasteiger partial charge in [-0.15, -0.1) is 0 Å². The van der Waals surface area contributed by atoms with Gasteiger partial charge in [0.2, 0.25) is 0 Å². The second kappa shape index (κ2) is 5.52. The summed E-state index contributed by atoms with van der Waals surface area (Å²) in [6.45, 7) is 3.72. The first-order valence-electron chi connectivity index (χ1n) is 6.36. The molecule has 0 bridgehead atoms. The minimum Gasteiger partial charge on any atom is -0.376 e. The third-order valence-corrected chi connectivity index (χ3v) is 3.62. The molecule has 0 spiro atoms. The van der Waals surface area contributed by atoms with E-state index in [0.717, 1.165) is 19.4 Å². The smallest absolute Gasteiger partial charge is 0.0750 e. The fourth-order valence-electron chi connectivity index (χ4n) is 2.63. The molecule has 1 aromatic rings. The van der Waals surface area contributed by atoms with Gasteiger partial charge in [0.25, 0.3) is 0 Å². The molecule has 1 aliphatic heterocycles. The van der Waals surface area contributed by atoms with Crippen molar-refractivity contribution in [3.63, 3.8) is 0 Å². The van der Waals surface area contributed by atoms with Crippen LogP contribution in [0, 0.1) is 0 Å². The number of anilines is 1. The van der Waals surface area contributed by atoms with Gasteiger partial charge in [0.05, 0.1) is 12.1 Å². The van der Waals surface area contributed by atoms with Crippen LogP contribution < -0.4 is 10.6 Å². The van der Waals surface area contributed by atoms with Gasteiger partial charge in [-0.2, -0.15) is 0 Å². The molecule has 1 saturated heterocycles. The summed E-state index contributed by atoms with van der Waals surface area (Å²) in [7, 11) is 2.16. The van der Waals surface area contributed by atoms with Crippen molar-refractivity contribution in [2.45, 2.75) is 31.9 Å². The highest BCUT2D eigenvalue weighted by Crippen LogP contribution is 2.27. The quantitative estimate of drug-likeness (QED) is 0.863. The maximum absolute atomic E-state index is 5.67. The molecule has 94 valence electrons. The highest BCUT2D eigenvalue weighted by atomic mass is 16.5. The largest absolute Gasteiger partial charge is 0.376 e. The molecular weight excluding hydrogens is 212 g/mol. The Labute approximate surface area is 104 Å². The summed E-state index contributed by atoms with van der Waals surface area (Å²) >= 11 is 0. The van der Waals surface area contributed by atoms with Gasteiger partial charge >= 0.3 is 0 Å². The van der Waals surface area contributed by atoms with Gasteiger partial charge in [-0.25, -0.2) is 0 Å². The molecule has 2 unspecified atom stereocenters. The monoisotopic (exact) mass is 234 g/mol. The zero-order valence-electron chi connectivity index (χ0n) is 10.7. The van der Waals surface area contributed by atoms with E-state index >= 15 is 0 Å². The van der Waals surface area contributed by atoms with E-state index in [2.05, 4.69) is 43.1 Å². The summed E-state index contributed by atoms with van der Waals surface area (Å²) in [5.41, 5.74) is 8.29. The van der Waals surface area contributed by atoms with E-state index < -0.39 is 0 Å². The first-order valence-corrected chi connectivity index (χ1v) is 6.36. The molecule has 2 rings (SSSR count). The Morgan fingerprint density at radius 3 is 2.82 bits per heavy atom. The van der Waals surface area contributed by atoms with Crippen molar-refractivity contribution < 1.29 is 4.74 Å². The lowest BCUT2D eigenvalue weighted by Crippen LogP contribution is -2.37. The van der Waals surface area contributed by atoms with Gasteiger partial charge in [0, 0.05) is 19.3 Å². The fraction of sp³-hybridized carbons (Fsp3) is 0.571. The number of nitrogens with zero attached hydrogens (tertiary/aromatic N) is 1. The predicted octanol–water partition coefficient (Wildman–Crippen LogP) is 1.80. The number of rotatable bonds is 4. The van der Waals surface area contributed by atoms with Crippen LogP contribution in [-0.2, 0) is 11.2 Å². The Morgan fingerprint density at radius 1 is 1.41 bits per heavy atom. The zero-order chi connectivity index (χ0) is 12.3. The van der Waals surface area contributed by atoms with E-state index in [4.69, 9.17) is 10.5 Å². The normalized spacial score (nSPS) is 23.9. The number of ether oxygens (including phenoxy) is 1. The summed E-state index contributed by atoms with van der Waals surface area (Å²) in [5.74, 6) is 0. The number of benzene rings is 1. The van der Waals surface area contributed by atoms with Gasteiger partial charge in [-0.05, 0) is 37.9 Å². The maximum Gasteiger partial charge on any atom is 0.0750 e. The second-order valence-electron chi connectivity index (χ2n) is 4.71. The maximum atomic E-state index is 5.67. The van der Waals surface area contributed by atoms with E-state index in [9.17, 15) is 0 Å². The highest BCUT2D eigenvalue weighted by Gasteiger charge is 2.28. The van der Waals surface area contributed by atoms with Gasteiger partial charge in [-0.3, -0.25) is 0 Å². The van der Waals surface area contributed by atoms with Gasteiger partial charge < -0.3 is 15.4 Å². The molecule has 1 heterocycles. The van der Waals surface area contributed by atoms with Crippen molar-refractivity contribution in [1.82, 2.24) is 0 Å². The second-order valence-corrected chi connectivity index (χ2v) is 4.71. The molecule has 1 fully saturated rings. The van der Waals surface area contributed by atoms with Crippen LogP contribution in [0.25, 0.3) is 0 Å². The van der Waals surface area contributed by atoms with Crippen LogP contribution in [0.15, 0.2) is 24.3 Å². The SMILES string of the molecule is CC1OCCC1N(C)c1ccccc1CCN. The Balaban J connectivity index is 2.20. The molecule has 3 heteroatoms. The Morgan fingerprint density at radius 2 is 2.18 bits per heavy atom. The van der Waals surface area contributed by atoms with Crippen molar-refractivity contribution in [3.8, 4) is 0 Å². The molecule has 1 aromatic carbocycles. The standard InChI is InChI=1S/C14H22N2O/c1-11-13(8-10-17-11)16(2)14-6-4-3-5-12(14)7-9-15/h3-6,11,13H,7-10,15H2,1-2H3. The summed E-state index contributed by atoms with van der Waals surface area (Å²) < 4.78 is 5.64. The van der Waals surface area contributed by atoms with Gasteiger partial charge in [0.15, 0.2) is 0 Å². The zero-order valence-corrected chi connectivity index (χ0v) is 10.7. The third-order valence-electron chi connectivity index (χ3n) is 3.62. The average molecular weight is 234 g/mol. The van der Waals surface area contributed by atoms with Crippen molar-refractivity contribution >= 4 is 5.69 Å². The average Bonchev–Trinajstić information content (AvgIpc) is 2.76. The topological polar surface area (TPSA) is 38.5 Å². The molecule has 0 aliphatic carbocycles. The lowest BCUT2D eigenvalue weighted by Gasteiger charge is -2.30. The minimum atomic E-state index is 0.311. The number of nitrogens with two attached hydrogens (primary N) is 1. The lowest BCUT2D eigenvalue weighted by atomic mass is 10.0. The predicted molar refractivity (Wildman–Crippen MR) is 71.4 cm³/mol. The molecule has 3 nitrogen and oxygen atoms in total. The van der Waals surface area contributed by atoms with Gasteiger partial charge in [0.1, 0.15) is 0 Å². The number of hydrogen-bond donors (Lipinski definition) is 1. The fourth-order valence-corrected chi connectivity index (χ4v) is 2.63. The van der Waals surface area contributed by atoms with Crippen molar-refractivity contribution in [2.24, 2.45) is 5.73 Å². The molecular formula is C14H22N2O. The molecule has 0 amide bonds. The third kappa shape index (κ3) is 2.61. The first-order chi connectivity index (χ1) is 8.24. The molecule has 1 aliphatic rings. The number of hydrogen-bond acceptors (Lipinski definition) is 3. The Hall–Kier alpha value is -1.06. The summed E-state index contributed by atoms with van der Waals surface area (Å²) in [6.07, 6.45) is 2.35. The summed E-state index contributed by atoms with van der Waals surface area (Å²) in [4.78, 5) is 2.35. The van der Waals surface area contributed by atoms with Crippen LogP contribution in [0.2, 0.25) is 0 Å². The Kier molecular flexibility index (Phi) is 4.02. The van der Waals surface area contributed by atoms with Crippen LogP contribution in [-0.4, -0.2) is 32.3 Å². The lowest BCUT2D eigenvalue weighted by molar-refractivity contribution is 0.118. The van der Waals surface area contributed by atoms with Gasteiger partial charge in [-0.1, -0.05) is 18.2 Å². The number of likely N-dealkylation sites (N-methyl/N-ethyl adjacent to an activating group) is 1. The molecule has 2 N–H and O–H groups in total. The van der Waals surface area contributed by atoms with Crippen LogP contribution in [0.3, 0.4) is 0 Å². The van der Waals surface area contributed by atoms with E-state index in [1.54, 1.807) is 0 Å². The van der Waals surface area contributed by atoms with Crippen LogP contribution in [0.5, 0.6) is 0 Å². The van der Waals surface area contributed by atoms with E-state index in [1.807, 2.05) is 0 Å². The van der Waals surface area contributed by atoms with Crippen molar-refractivity contribution in [1.29, 1.82) is 0 Å². The van der Waals surface area contributed by atoms with E-state index in [-0.39, 0.29) is 0 Å². The Bertz CT molecular complexity index is 367. The molecule has 0 radical (unpaired) electrons. The van der Waals surface area contributed by atoms with E-state index in [0.29, 0.717) is 18.7 Å². The molecule has 0 saturated carbocycles. The molecule has 17 heavy (non-hydrogen) atoms. The minimum absolute atomic E-state index is 0.311. The molecule has 0 aromatic heterocycles. The highest BCUT2D eigenvalue weighted by molar-refractivity contribution is 5.54. The summed E-state index contributed by atoms with van der Waals surface area (Å²) in [5, 5.41) is 0. The van der Waals surface area contributed by atoms with Crippen LogP contribution >= 0.6 is 0 Å². The number of para-hydroxylation sites is 1. The van der Waals surface area contributed by atoms with Crippen LogP contribution in [0.4, 0.5) is 5.69 Å². The van der Waals surface area contributed by atoms with Crippen molar-refractivity contribution in [2.75, 3.05) is 25.1 Å². The molecule has 2 atom stereocenters. The first kappa shape index (κ1) is 12.4. The summed E-state index contributed by atoms with van der Waals surface area (Å²) in [6, 6.07) is 8.99.